The van der Waals surface area contributed by atoms with Crippen molar-refractivity contribution in [3.8, 4) is 0 Å². The molecule has 16 atom stereocenters. The van der Waals surface area contributed by atoms with E-state index in [1.165, 1.54) is 14.0 Å². The van der Waals surface area contributed by atoms with Gasteiger partial charge in [0.2, 0.25) is 0 Å². The maximum atomic E-state index is 13.4. The van der Waals surface area contributed by atoms with E-state index in [4.69, 9.17) is 42.6 Å². The average Bonchev–Trinajstić information content (AvgIpc) is 3.15. The fourth-order valence-electron chi connectivity index (χ4n) is 8.46. The summed E-state index contributed by atoms with van der Waals surface area (Å²) in [6.07, 6.45) is -3.95. The van der Waals surface area contributed by atoms with E-state index in [2.05, 4.69) is 0 Å². The number of hydrogen-bond acceptors (Lipinski definition) is 17. The highest BCUT2D eigenvalue weighted by Crippen LogP contribution is 2.38. The molecule has 3 rings (SSSR count). The molecule has 62 heavy (non-hydrogen) atoms. The van der Waals surface area contributed by atoms with E-state index in [-0.39, 0.29) is 38.0 Å². The Morgan fingerprint density at radius 3 is 2.26 bits per heavy atom. The van der Waals surface area contributed by atoms with Crippen molar-refractivity contribution in [2.45, 2.75) is 193 Å². The van der Waals surface area contributed by atoms with Gasteiger partial charge in [0.25, 0.3) is 0 Å². The van der Waals surface area contributed by atoms with Crippen LogP contribution in [0.3, 0.4) is 0 Å². The first-order valence-electron chi connectivity index (χ1n) is 21.9. The molecule has 17 heteroatoms. The molecule has 2 N–H and O–H groups in total. The quantitative estimate of drug-likeness (QED) is 0.144. The van der Waals surface area contributed by atoms with Gasteiger partial charge < -0.3 is 62.5 Å². The first-order valence-corrected chi connectivity index (χ1v) is 21.9. The normalized spacial score (nSPS) is 37.7. The molecule has 2 fully saturated rings. The van der Waals surface area contributed by atoms with Crippen molar-refractivity contribution in [2.75, 3.05) is 21.2 Å². The summed E-state index contributed by atoms with van der Waals surface area (Å²) in [5, 5.41) is 23.7. The van der Waals surface area contributed by atoms with Crippen LogP contribution in [0.5, 0.6) is 0 Å². The van der Waals surface area contributed by atoms with Gasteiger partial charge in [-0.2, -0.15) is 0 Å². The van der Waals surface area contributed by atoms with Crippen molar-refractivity contribution < 1.29 is 76.8 Å². The Labute approximate surface area is 367 Å². The summed E-state index contributed by atoms with van der Waals surface area (Å²) in [5.74, 6) is -3.31. The molecular weight excluding hydrogens is 810 g/mol. The second-order valence-electron chi connectivity index (χ2n) is 17.8. The average molecular weight is 884 g/mol. The molecule has 0 aromatic carbocycles. The van der Waals surface area contributed by atoms with Crippen LogP contribution in [0.25, 0.3) is 0 Å². The molecule has 0 unspecified atom stereocenters. The van der Waals surface area contributed by atoms with Gasteiger partial charge in [0, 0.05) is 46.1 Å². The Morgan fingerprint density at radius 1 is 0.984 bits per heavy atom. The van der Waals surface area contributed by atoms with Crippen LogP contribution in [-0.2, 0) is 66.6 Å². The third kappa shape index (κ3) is 15.5. The summed E-state index contributed by atoms with van der Waals surface area (Å²) in [6, 6.07) is -0.804. The van der Waals surface area contributed by atoms with Crippen molar-refractivity contribution in [1.82, 2.24) is 4.90 Å². The molecule has 3 aliphatic rings. The van der Waals surface area contributed by atoms with E-state index in [0.717, 1.165) is 0 Å². The SMILES string of the molecule is CCC(=O)O[C@@H]1C=CC=CC[C@H](C)OC(=O)C[C@H](OC(C)=O)[C@H](OC)[C@H](O[C@@H]2O[C@H](C)[C@H](O[C@@H]3C[C@](C)(O)[C@H](OC(=O)CC(C)C)[C@H](C)O3)[C@H](N(C)C)[C@@H]2O)[C@@H](CC=O)C[C@@H]1C. The predicted octanol–water partition coefficient (Wildman–Crippen LogP) is 3.97. The van der Waals surface area contributed by atoms with E-state index in [1.807, 2.05) is 26.8 Å². The van der Waals surface area contributed by atoms with Gasteiger partial charge in [0.15, 0.2) is 18.7 Å². The van der Waals surface area contributed by atoms with Crippen LogP contribution in [0, 0.1) is 17.8 Å². The molecule has 0 spiro atoms. The molecule has 17 nitrogen and oxygen atoms in total. The fourth-order valence-corrected chi connectivity index (χ4v) is 8.46. The van der Waals surface area contributed by atoms with Crippen molar-refractivity contribution in [1.29, 1.82) is 0 Å². The highest BCUT2D eigenvalue weighted by molar-refractivity contribution is 5.72. The summed E-state index contributed by atoms with van der Waals surface area (Å²) in [6.45, 7) is 15.2. The predicted molar refractivity (Wildman–Crippen MR) is 224 cm³/mol. The number of likely N-dealkylation sites (N-methyl/N-ethyl adjacent to an activating group) is 1. The molecule has 0 amide bonds. The Kier molecular flexibility index (Phi) is 21.1. The minimum absolute atomic E-state index is 0.0572. The van der Waals surface area contributed by atoms with Gasteiger partial charge in [-0.25, -0.2) is 0 Å². The highest BCUT2D eigenvalue weighted by atomic mass is 16.7. The molecule has 0 saturated carbocycles. The van der Waals surface area contributed by atoms with Crippen molar-refractivity contribution in [3.63, 3.8) is 0 Å². The minimum Gasteiger partial charge on any atom is -0.462 e. The van der Waals surface area contributed by atoms with Crippen molar-refractivity contribution in [3.05, 3.63) is 24.3 Å². The molecule has 2 saturated heterocycles. The number of aliphatic hydroxyl groups excluding tert-OH is 1. The molecule has 0 aromatic rings. The lowest BCUT2D eigenvalue weighted by Gasteiger charge is -2.50. The third-order valence-corrected chi connectivity index (χ3v) is 11.4. The van der Waals surface area contributed by atoms with Crippen LogP contribution in [0.4, 0.5) is 0 Å². The number of ether oxygens (including phenoxy) is 9. The number of cyclic esters (lactones) is 1. The zero-order valence-corrected chi connectivity index (χ0v) is 38.6. The summed E-state index contributed by atoms with van der Waals surface area (Å²) < 4.78 is 54.7. The van der Waals surface area contributed by atoms with E-state index < -0.39 is 127 Å². The summed E-state index contributed by atoms with van der Waals surface area (Å²) >= 11 is 0. The van der Waals surface area contributed by atoms with E-state index >= 15 is 0 Å². The van der Waals surface area contributed by atoms with Gasteiger partial charge in [-0.3, -0.25) is 19.2 Å². The number of nitrogens with zero attached hydrogens (tertiary/aromatic N) is 1. The zero-order valence-electron chi connectivity index (χ0n) is 38.6. The van der Waals surface area contributed by atoms with Gasteiger partial charge in [-0.05, 0) is 72.0 Å². The molecule has 0 aliphatic carbocycles. The number of aldehydes is 1. The molecule has 0 bridgehead atoms. The number of carbonyl (C=O) groups excluding carboxylic acids is 5. The lowest BCUT2D eigenvalue weighted by molar-refractivity contribution is -0.344. The minimum atomic E-state index is -1.51. The molecule has 3 aliphatic heterocycles. The van der Waals surface area contributed by atoms with Gasteiger partial charge in [-0.1, -0.05) is 45.9 Å². The van der Waals surface area contributed by atoms with E-state index in [1.54, 1.807) is 71.8 Å². The van der Waals surface area contributed by atoms with E-state index in [0.29, 0.717) is 12.7 Å². The van der Waals surface area contributed by atoms with Gasteiger partial charge >= 0.3 is 23.9 Å². The van der Waals surface area contributed by atoms with Crippen LogP contribution in [0.15, 0.2) is 24.3 Å². The molecule has 354 valence electrons. The number of hydrogen-bond donors (Lipinski definition) is 2. The van der Waals surface area contributed by atoms with Crippen LogP contribution in [0.2, 0.25) is 0 Å². The van der Waals surface area contributed by atoms with Crippen molar-refractivity contribution >= 4 is 30.2 Å². The Balaban J connectivity index is 2.03. The molecule has 3 heterocycles. The highest BCUT2D eigenvalue weighted by Gasteiger charge is 2.53. The number of rotatable bonds is 14. The summed E-state index contributed by atoms with van der Waals surface area (Å²) in [7, 11) is 4.85. The zero-order chi connectivity index (χ0) is 46.5. The van der Waals surface area contributed by atoms with Crippen molar-refractivity contribution in [2.24, 2.45) is 17.8 Å². The van der Waals surface area contributed by atoms with Gasteiger partial charge in [-0.15, -0.1) is 0 Å². The number of carbonyl (C=O) groups is 5. The standard InChI is InChI=1S/C45H73NO16/c1-13-34(49)59-32-18-16-14-15-17-27(5)55-36(51)23-33(58-30(8)48)42(54-12)41(31(19-20-47)22-26(32)4)62-44-39(52)38(46(10)11)40(28(6)57-44)61-37-24-45(9,53)43(29(7)56-37)60-35(50)21-25(2)3/h14-16,18,20,25-29,31-33,37-44,52-53H,13,17,19,21-24H2,1-12H3/t26-,27-,28+,29-,31-,32+,33-,37+,38+,39-,40-,41+,42-,43+,44-,45-/m0/s1. The monoisotopic (exact) mass is 883 g/mol. The maximum absolute atomic E-state index is 13.4. The molecular formula is C45H73NO16. The largest absolute Gasteiger partial charge is 0.462 e. The number of methoxy groups -OCH3 is 1. The Morgan fingerprint density at radius 2 is 1.68 bits per heavy atom. The third-order valence-electron chi connectivity index (χ3n) is 11.4. The second kappa shape index (κ2) is 24.7. The van der Waals surface area contributed by atoms with Gasteiger partial charge in [0.05, 0.1) is 30.8 Å². The second-order valence-corrected chi connectivity index (χ2v) is 17.8. The topological polar surface area (TPSA) is 212 Å². The van der Waals surface area contributed by atoms with Gasteiger partial charge in [0.1, 0.15) is 48.5 Å². The maximum Gasteiger partial charge on any atom is 0.309 e. The first kappa shape index (κ1) is 53.1. The van der Waals surface area contributed by atoms with Crippen LogP contribution >= 0.6 is 0 Å². The lowest BCUT2D eigenvalue weighted by atomic mass is 9.82. The number of aliphatic hydroxyl groups is 2. The smallest absolute Gasteiger partial charge is 0.309 e. The Hall–Kier alpha value is -3.29. The van der Waals surface area contributed by atoms with Crippen LogP contribution in [-0.4, -0.2) is 152 Å². The first-order chi connectivity index (χ1) is 29.1. The summed E-state index contributed by atoms with van der Waals surface area (Å²) in [4.78, 5) is 65.3. The number of esters is 4. The summed E-state index contributed by atoms with van der Waals surface area (Å²) in [5.41, 5.74) is -1.51. The van der Waals surface area contributed by atoms with Crippen LogP contribution < -0.4 is 0 Å². The fraction of sp³-hybridized carbons (Fsp3) is 0.800. The molecule has 0 radical (unpaired) electrons. The number of allylic oxidation sites excluding steroid dienone is 2. The van der Waals surface area contributed by atoms with Crippen LogP contribution in [0.1, 0.15) is 107 Å². The lowest BCUT2D eigenvalue weighted by Crippen LogP contribution is -2.66. The molecule has 0 aromatic heterocycles. The van der Waals surface area contributed by atoms with E-state index in [9.17, 15) is 34.2 Å². The Bertz CT molecular complexity index is 1520.